The van der Waals surface area contributed by atoms with Gasteiger partial charge in [-0.1, -0.05) is 12.1 Å². The molecule has 1 saturated heterocycles. The van der Waals surface area contributed by atoms with E-state index in [9.17, 15) is 9.59 Å². The van der Waals surface area contributed by atoms with Gasteiger partial charge in [0.05, 0.1) is 28.3 Å². The number of likely N-dealkylation sites (tertiary alicyclic amines) is 1. The number of fused-ring (bicyclic) bond motifs is 1. The SMILES string of the molecule is CC(=O)c1[nH]c(C)c(C(=O)N2CCCC2c2nc3ccccc3[nH]2)c1C. The van der Waals surface area contributed by atoms with Gasteiger partial charge in [-0.15, -0.1) is 0 Å². The van der Waals surface area contributed by atoms with Crippen LogP contribution in [-0.2, 0) is 0 Å². The Morgan fingerprint density at radius 1 is 1.19 bits per heavy atom. The number of amides is 1. The van der Waals surface area contributed by atoms with E-state index in [0.29, 0.717) is 17.8 Å². The maximum Gasteiger partial charge on any atom is 0.256 e. The van der Waals surface area contributed by atoms with E-state index < -0.39 is 0 Å². The van der Waals surface area contributed by atoms with Crippen LogP contribution >= 0.6 is 0 Å². The summed E-state index contributed by atoms with van der Waals surface area (Å²) >= 11 is 0. The summed E-state index contributed by atoms with van der Waals surface area (Å²) in [6.45, 7) is 5.89. The first-order valence-corrected chi connectivity index (χ1v) is 8.93. The van der Waals surface area contributed by atoms with E-state index in [-0.39, 0.29) is 17.7 Å². The summed E-state index contributed by atoms with van der Waals surface area (Å²) in [5.41, 5.74) is 4.50. The molecule has 1 fully saturated rings. The number of nitrogens with one attached hydrogen (secondary N) is 2. The van der Waals surface area contributed by atoms with Gasteiger partial charge < -0.3 is 14.9 Å². The Labute approximate surface area is 151 Å². The molecule has 0 bridgehead atoms. The zero-order chi connectivity index (χ0) is 18.4. The van der Waals surface area contributed by atoms with Crippen molar-refractivity contribution in [2.75, 3.05) is 6.54 Å². The molecular formula is C20H22N4O2. The number of benzene rings is 1. The number of carbonyl (C=O) groups is 2. The van der Waals surface area contributed by atoms with Gasteiger partial charge in [-0.2, -0.15) is 0 Å². The lowest BCUT2D eigenvalue weighted by molar-refractivity contribution is 0.0729. The molecule has 0 spiro atoms. The van der Waals surface area contributed by atoms with Crippen molar-refractivity contribution in [1.29, 1.82) is 0 Å². The highest BCUT2D eigenvalue weighted by Gasteiger charge is 2.35. The summed E-state index contributed by atoms with van der Waals surface area (Å²) in [4.78, 5) is 38.1. The first kappa shape index (κ1) is 16.6. The fraction of sp³-hybridized carbons (Fsp3) is 0.350. The molecule has 1 aliphatic heterocycles. The topological polar surface area (TPSA) is 81.8 Å². The lowest BCUT2D eigenvalue weighted by Crippen LogP contribution is -2.31. The van der Waals surface area contributed by atoms with Crippen molar-refractivity contribution in [2.45, 2.75) is 39.7 Å². The van der Waals surface area contributed by atoms with Crippen molar-refractivity contribution >= 4 is 22.7 Å². The second-order valence-corrected chi connectivity index (χ2v) is 6.98. The number of hydrogen-bond donors (Lipinski definition) is 2. The van der Waals surface area contributed by atoms with E-state index in [2.05, 4.69) is 15.0 Å². The van der Waals surface area contributed by atoms with E-state index >= 15 is 0 Å². The quantitative estimate of drug-likeness (QED) is 0.707. The minimum atomic E-state index is -0.0654. The van der Waals surface area contributed by atoms with Crippen LogP contribution in [0.4, 0.5) is 0 Å². The zero-order valence-electron chi connectivity index (χ0n) is 15.2. The molecule has 134 valence electrons. The third-order valence-electron chi connectivity index (χ3n) is 5.24. The maximum absolute atomic E-state index is 13.3. The van der Waals surface area contributed by atoms with Crippen LogP contribution in [0.15, 0.2) is 24.3 Å². The molecule has 6 heteroatoms. The molecule has 1 aromatic carbocycles. The summed E-state index contributed by atoms with van der Waals surface area (Å²) in [5, 5.41) is 0. The summed E-state index contributed by atoms with van der Waals surface area (Å²) < 4.78 is 0. The van der Waals surface area contributed by atoms with E-state index in [1.165, 1.54) is 6.92 Å². The monoisotopic (exact) mass is 350 g/mol. The highest BCUT2D eigenvalue weighted by atomic mass is 16.2. The maximum atomic E-state index is 13.3. The van der Waals surface area contributed by atoms with Crippen molar-refractivity contribution in [3.05, 3.63) is 52.6 Å². The summed E-state index contributed by atoms with van der Waals surface area (Å²) in [7, 11) is 0. The number of Topliss-reactive ketones (excluding diaryl/α,β-unsaturated/α-hetero) is 1. The second-order valence-electron chi connectivity index (χ2n) is 6.98. The van der Waals surface area contributed by atoms with Gasteiger partial charge in [0, 0.05) is 19.2 Å². The Bertz CT molecular complexity index is 981. The first-order valence-electron chi connectivity index (χ1n) is 8.93. The molecule has 26 heavy (non-hydrogen) atoms. The van der Waals surface area contributed by atoms with Crippen molar-refractivity contribution in [3.8, 4) is 0 Å². The highest BCUT2D eigenvalue weighted by Crippen LogP contribution is 2.34. The number of aromatic nitrogens is 3. The molecular weight excluding hydrogens is 328 g/mol. The fourth-order valence-electron chi connectivity index (χ4n) is 3.99. The minimum absolute atomic E-state index is 0.0355. The minimum Gasteiger partial charge on any atom is -0.355 e. The van der Waals surface area contributed by atoms with Crippen LogP contribution in [0, 0.1) is 13.8 Å². The van der Waals surface area contributed by atoms with E-state index in [1.54, 1.807) is 0 Å². The number of nitrogens with zero attached hydrogens (tertiary/aromatic N) is 2. The van der Waals surface area contributed by atoms with E-state index in [4.69, 9.17) is 0 Å². The van der Waals surface area contributed by atoms with Crippen molar-refractivity contribution in [3.63, 3.8) is 0 Å². The zero-order valence-corrected chi connectivity index (χ0v) is 15.2. The molecule has 6 nitrogen and oxygen atoms in total. The molecule has 1 aliphatic rings. The highest BCUT2D eigenvalue weighted by molar-refractivity contribution is 6.02. The summed E-state index contributed by atoms with van der Waals surface area (Å²) in [6, 6.07) is 7.82. The molecule has 0 aliphatic carbocycles. The number of aryl methyl sites for hydroxylation is 1. The number of para-hydroxylation sites is 2. The number of H-pyrrole nitrogens is 2. The first-order chi connectivity index (χ1) is 12.5. The third kappa shape index (κ3) is 2.53. The van der Waals surface area contributed by atoms with Gasteiger partial charge in [0.25, 0.3) is 5.91 Å². The second kappa shape index (κ2) is 6.12. The molecule has 3 aromatic rings. The van der Waals surface area contributed by atoms with Crippen LogP contribution in [0.5, 0.6) is 0 Å². The van der Waals surface area contributed by atoms with Gasteiger partial charge in [-0.3, -0.25) is 9.59 Å². The molecule has 0 saturated carbocycles. The van der Waals surface area contributed by atoms with Crippen LogP contribution in [0.25, 0.3) is 11.0 Å². The number of carbonyl (C=O) groups excluding carboxylic acids is 2. The lowest BCUT2D eigenvalue weighted by atomic mass is 10.1. The molecule has 3 heterocycles. The third-order valence-corrected chi connectivity index (χ3v) is 5.24. The van der Waals surface area contributed by atoms with Crippen LogP contribution in [-0.4, -0.2) is 38.1 Å². The molecule has 0 radical (unpaired) electrons. The van der Waals surface area contributed by atoms with E-state index in [1.807, 2.05) is 43.0 Å². The van der Waals surface area contributed by atoms with E-state index in [0.717, 1.165) is 41.0 Å². The Balaban J connectivity index is 1.70. The van der Waals surface area contributed by atoms with Crippen LogP contribution in [0.1, 0.15) is 63.7 Å². The number of ketones is 1. The number of rotatable bonds is 3. The molecule has 1 unspecified atom stereocenters. The Hall–Kier alpha value is -2.89. The summed E-state index contributed by atoms with van der Waals surface area (Å²) in [6.07, 6.45) is 1.82. The van der Waals surface area contributed by atoms with Crippen molar-refractivity contribution in [1.82, 2.24) is 19.9 Å². The standard InChI is InChI=1S/C20H22N4O2/c1-11-17(12(2)21-18(11)13(3)25)20(26)24-10-6-9-16(24)19-22-14-7-4-5-8-15(14)23-19/h4-5,7-8,16,21H,6,9-10H2,1-3H3,(H,22,23). The van der Waals surface area contributed by atoms with Gasteiger partial charge in [-0.05, 0) is 44.4 Å². The van der Waals surface area contributed by atoms with Gasteiger partial charge in [0.15, 0.2) is 5.78 Å². The molecule has 1 atom stereocenters. The van der Waals surface area contributed by atoms with Crippen LogP contribution in [0.3, 0.4) is 0 Å². The largest absolute Gasteiger partial charge is 0.355 e. The summed E-state index contributed by atoms with van der Waals surface area (Å²) in [5.74, 6) is 0.737. The van der Waals surface area contributed by atoms with Crippen molar-refractivity contribution < 1.29 is 9.59 Å². The van der Waals surface area contributed by atoms with Crippen LogP contribution < -0.4 is 0 Å². The number of hydrogen-bond acceptors (Lipinski definition) is 3. The molecule has 4 rings (SSSR count). The molecule has 2 N–H and O–H groups in total. The van der Waals surface area contributed by atoms with Gasteiger partial charge >= 0.3 is 0 Å². The van der Waals surface area contributed by atoms with Crippen LogP contribution in [0.2, 0.25) is 0 Å². The average molecular weight is 350 g/mol. The predicted octanol–water partition coefficient (Wildman–Crippen LogP) is 3.69. The Morgan fingerprint density at radius 2 is 1.96 bits per heavy atom. The Morgan fingerprint density at radius 3 is 2.65 bits per heavy atom. The lowest BCUT2D eigenvalue weighted by Gasteiger charge is -2.23. The predicted molar refractivity (Wildman–Crippen MR) is 99.4 cm³/mol. The number of imidazole rings is 1. The average Bonchev–Trinajstić information content (AvgIpc) is 3.30. The molecule has 2 aromatic heterocycles. The fourth-order valence-corrected chi connectivity index (χ4v) is 3.99. The van der Waals surface area contributed by atoms with Crippen molar-refractivity contribution in [2.24, 2.45) is 0 Å². The molecule has 1 amide bonds. The van der Waals surface area contributed by atoms with Gasteiger partial charge in [0.2, 0.25) is 0 Å². The van der Waals surface area contributed by atoms with Gasteiger partial charge in [-0.25, -0.2) is 4.98 Å². The van der Waals surface area contributed by atoms with Gasteiger partial charge in [0.1, 0.15) is 5.82 Å². The Kier molecular flexibility index (Phi) is 3.90. The smallest absolute Gasteiger partial charge is 0.256 e. The number of aromatic amines is 2. The normalized spacial score (nSPS) is 17.2.